The first-order chi connectivity index (χ1) is 18.0. The van der Waals surface area contributed by atoms with Gasteiger partial charge in [-0.1, -0.05) is 56.9 Å². The minimum atomic E-state index is -0.627. The van der Waals surface area contributed by atoms with Crippen LogP contribution in [0.1, 0.15) is 119 Å². The van der Waals surface area contributed by atoms with Crippen LogP contribution in [0.4, 0.5) is 13.2 Å². The molecule has 2 saturated carbocycles. The molecular weight excluding hydrogens is 469 g/mol. The number of halogens is 3. The van der Waals surface area contributed by atoms with Crippen LogP contribution < -0.4 is 4.74 Å². The third-order valence-electron chi connectivity index (χ3n) is 8.69. The molecule has 0 N–H and O–H groups in total. The topological polar surface area (TPSA) is 9.23 Å². The van der Waals surface area contributed by atoms with Crippen molar-refractivity contribution in [2.24, 2.45) is 11.8 Å². The second kappa shape index (κ2) is 13.5. The van der Waals surface area contributed by atoms with Crippen molar-refractivity contribution >= 4 is 6.08 Å². The zero-order valence-corrected chi connectivity index (χ0v) is 22.6. The number of benzene rings is 2. The zero-order chi connectivity index (χ0) is 26.2. The number of unbranched alkanes of at least 4 members (excludes halogenated alkanes) is 2. The second-order valence-electron chi connectivity index (χ2n) is 11.2. The predicted molar refractivity (Wildman–Crippen MR) is 147 cm³/mol. The summed E-state index contributed by atoms with van der Waals surface area (Å²) in [5, 5.41) is 0. The lowest BCUT2D eigenvalue weighted by molar-refractivity contribution is 0.297. The molecule has 0 aromatic heterocycles. The molecule has 4 rings (SSSR count). The first-order valence-electron chi connectivity index (χ1n) is 14.6. The minimum Gasteiger partial charge on any atom is -0.494 e. The summed E-state index contributed by atoms with van der Waals surface area (Å²) < 4.78 is 50.1. The molecule has 2 aromatic rings. The van der Waals surface area contributed by atoms with Gasteiger partial charge >= 0.3 is 0 Å². The normalized spacial score (nSPS) is 24.5. The molecule has 0 amide bonds. The highest BCUT2D eigenvalue weighted by atomic mass is 19.2. The third kappa shape index (κ3) is 7.21. The molecule has 2 aliphatic carbocycles. The van der Waals surface area contributed by atoms with Crippen LogP contribution in [-0.2, 0) is 0 Å². The monoisotopic (exact) mass is 512 g/mol. The largest absolute Gasteiger partial charge is 0.494 e. The minimum absolute atomic E-state index is 0.0460. The maximum Gasteiger partial charge on any atom is 0.162 e. The van der Waals surface area contributed by atoms with E-state index in [2.05, 4.69) is 13.0 Å². The molecule has 0 atom stereocenters. The van der Waals surface area contributed by atoms with Crippen molar-refractivity contribution in [2.75, 3.05) is 6.61 Å². The molecule has 4 heteroatoms. The fourth-order valence-corrected chi connectivity index (χ4v) is 6.42. The van der Waals surface area contributed by atoms with Crippen molar-refractivity contribution < 1.29 is 17.9 Å². The van der Waals surface area contributed by atoms with Crippen molar-refractivity contribution in [3.63, 3.8) is 0 Å². The van der Waals surface area contributed by atoms with Crippen LogP contribution in [0.2, 0.25) is 0 Å². The van der Waals surface area contributed by atoms with E-state index in [-0.39, 0.29) is 17.7 Å². The number of ether oxygens (including phenoxy) is 1. The average Bonchev–Trinajstić information content (AvgIpc) is 2.91. The van der Waals surface area contributed by atoms with Crippen LogP contribution in [-0.4, -0.2) is 6.61 Å². The summed E-state index contributed by atoms with van der Waals surface area (Å²) in [5.41, 5.74) is 1.67. The van der Waals surface area contributed by atoms with Crippen molar-refractivity contribution in [3.05, 3.63) is 70.5 Å². The SMILES string of the molecule is CCCCCC1CCC(c2ccc(C3CCC(/C=C/c4ccc(OCC)cc4F)CC3)c(F)c2F)CC1. The molecule has 0 saturated heterocycles. The summed E-state index contributed by atoms with van der Waals surface area (Å²) in [6.45, 7) is 4.61. The quantitative estimate of drug-likeness (QED) is 0.288. The Hall–Kier alpha value is -2.23. The lowest BCUT2D eigenvalue weighted by Gasteiger charge is -2.30. The van der Waals surface area contributed by atoms with Gasteiger partial charge in [-0.05, 0) is 105 Å². The van der Waals surface area contributed by atoms with Gasteiger partial charge in [0.1, 0.15) is 11.6 Å². The van der Waals surface area contributed by atoms with Gasteiger partial charge in [-0.2, -0.15) is 0 Å². The van der Waals surface area contributed by atoms with Gasteiger partial charge in [-0.3, -0.25) is 0 Å². The van der Waals surface area contributed by atoms with Gasteiger partial charge in [0.15, 0.2) is 11.6 Å². The number of hydrogen-bond donors (Lipinski definition) is 0. The smallest absolute Gasteiger partial charge is 0.162 e. The maximum absolute atomic E-state index is 15.2. The van der Waals surface area contributed by atoms with E-state index in [4.69, 9.17) is 4.74 Å². The molecule has 1 nitrogen and oxygen atoms in total. The highest BCUT2D eigenvalue weighted by Gasteiger charge is 2.29. The number of hydrogen-bond acceptors (Lipinski definition) is 1. The van der Waals surface area contributed by atoms with Crippen LogP contribution >= 0.6 is 0 Å². The van der Waals surface area contributed by atoms with Crippen molar-refractivity contribution in [3.8, 4) is 5.75 Å². The summed E-state index contributed by atoms with van der Waals surface area (Å²) >= 11 is 0. The predicted octanol–water partition coefficient (Wildman–Crippen LogP) is 10.3. The standard InChI is InChI=1S/C33H43F3O/c1-3-5-6-7-23-8-13-25(14-9-23)29-20-21-30(33(36)32(29)35)26-15-10-24(11-16-26)12-17-27-18-19-28(37-4-2)22-31(27)34/h12,17-26H,3-11,13-16H2,1-2H3/b17-12+. The van der Waals surface area contributed by atoms with Crippen molar-refractivity contribution in [2.45, 2.75) is 103 Å². The van der Waals surface area contributed by atoms with Gasteiger partial charge in [-0.25, -0.2) is 13.2 Å². The molecule has 0 bridgehead atoms. The maximum atomic E-state index is 15.2. The summed E-state index contributed by atoms with van der Waals surface area (Å²) in [5.74, 6) is 0.274. The van der Waals surface area contributed by atoms with Crippen molar-refractivity contribution in [1.29, 1.82) is 0 Å². The van der Waals surface area contributed by atoms with E-state index in [1.165, 1.54) is 31.7 Å². The lowest BCUT2D eigenvalue weighted by Crippen LogP contribution is -2.17. The molecule has 0 spiro atoms. The van der Waals surface area contributed by atoms with Crippen LogP contribution in [0.3, 0.4) is 0 Å². The van der Waals surface area contributed by atoms with Crippen LogP contribution in [0.5, 0.6) is 5.75 Å². The Morgan fingerprint density at radius 1 is 0.784 bits per heavy atom. The van der Waals surface area contributed by atoms with E-state index >= 15 is 8.78 Å². The Morgan fingerprint density at radius 3 is 1.97 bits per heavy atom. The average molecular weight is 513 g/mol. The fourth-order valence-electron chi connectivity index (χ4n) is 6.42. The molecule has 0 radical (unpaired) electrons. The Bertz CT molecular complexity index is 1030. The Kier molecular flexibility index (Phi) is 10.2. The molecule has 202 valence electrons. The molecule has 0 unspecified atom stereocenters. The van der Waals surface area contributed by atoms with Crippen molar-refractivity contribution in [1.82, 2.24) is 0 Å². The summed E-state index contributed by atoms with van der Waals surface area (Å²) in [6, 6.07) is 8.67. The highest BCUT2D eigenvalue weighted by Crippen LogP contribution is 2.42. The molecule has 2 aromatic carbocycles. The molecule has 0 aliphatic heterocycles. The summed E-state index contributed by atoms with van der Waals surface area (Å²) in [7, 11) is 0. The van der Waals surface area contributed by atoms with E-state index in [0.717, 1.165) is 57.3 Å². The van der Waals surface area contributed by atoms with E-state index in [1.54, 1.807) is 12.1 Å². The van der Waals surface area contributed by atoms with Crippen LogP contribution in [0, 0.1) is 29.3 Å². The second-order valence-corrected chi connectivity index (χ2v) is 11.2. The molecule has 0 heterocycles. The Labute approximate surface area is 221 Å². The summed E-state index contributed by atoms with van der Waals surface area (Å²) in [4.78, 5) is 0. The van der Waals surface area contributed by atoms with Gasteiger partial charge < -0.3 is 4.74 Å². The first kappa shape index (κ1) is 27.8. The Balaban J connectivity index is 1.31. The summed E-state index contributed by atoms with van der Waals surface area (Å²) in [6.07, 6.45) is 16.6. The first-order valence-corrected chi connectivity index (χ1v) is 14.6. The molecule has 37 heavy (non-hydrogen) atoms. The van der Waals surface area contributed by atoms with Crippen LogP contribution in [0.25, 0.3) is 6.08 Å². The number of rotatable bonds is 10. The zero-order valence-electron chi connectivity index (χ0n) is 22.6. The van der Waals surface area contributed by atoms with E-state index < -0.39 is 11.6 Å². The van der Waals surface area contributed by atoms with E-state index in [9.17, 15) is 4.39 Å². The lowest BCUT2D eigenvalue weighted by atomic mass is 9.75. The highest BCUT2D eigenvalue weighted by molar-refractivity contribution is 5.52. The van der Waals surface area contributed by atoms with Crippen LogP contribution in [0.15, 0.2) is 36.4 Å². The van der Waals surface area contributed by atoms with Gasteiger partial charge in [0.2, 0.25) is 0 Å². The third-order valence-corrected chi connectivity index (χ3v) is 8.69. The van der Waals surface area contributed by atoms with E-state index in [1.807, 2.05) is 25.1 Å². The van der Waals surface area contributed by atoms with Gasteiger partial charge in [-0.15, -0.1) is 0 Å². The molecular formula is C33H43F3O. The van der Waals surface area contributed by atoms with Gasteiger partial charge in [0, 0.05) is 11.6 Å². The van der Waals surface area contributed by atoms with Gasteiger partial charge in [0.05, 0.1) is 6.61 Å². The number of allylic oxidation sites excluding steroid dienone is 1. The molecule has 2 fully saturated rings. The Morgan fingerprint density at radius 2 is 1.41 bits per heavy atom. The van der Waals surface area contributed by atoms with Gasteiger partial charge in [0.25, 0.3) is 0 Å². The van der Waals surface area contributed by atoms with E-state index in [0.29, 0.717) is 35.0 Å². The molecule has 2 aliphatic rings. The fraction of sp³-hybridized carbons (Fsp3) is 0.576.